The number of halogens is 2. The van der Waals surface area contributed by atoms with E-state index in [1.807, 2.05) is 6.07 Å². The largest absolute Gasteiger partial charge is 0.465 e. The Morgan fingerprint density at radius 2 is 2.25 bits per heavy atom. The number of hydrogen-bond acceptors (Lipinski definition) is 2. The second-order valence-corrected chi connectivity index (χ2v) is 6.61. The molecule has 1 N–H and O–H groups in total. The molecule has 5 nitrogen and oxygen atoms in total. The fourth-order valence-corrected chi connectivity index (χ4v) is 3.46. The van der Waals surface area contributed by atoms with Gasteiger partial charge >= 0.3 is 6.09 Å². The minimum atomic E-state index is -0.874. The fraction of sp³-hybridized carbons (Fsp3) is 0.385. The zero-order valence-electron chi connectivity index (χ0n) is 10.8. The van der Waals surface area contributed by atoms with Crippen LogP contribution in [0.5, 0.6) is 0 Å². The molecule has 0 aromatic carbocycles. The average molecular weight is 406 g/mol. The van der Waals surface area contributed by atoms with Crippen molar-refractivity contribution in [2.75, 3.05) is 7.05 Å². The zero-order valence-corrected chi connectivity index (χ0v) is 13.7. The Morgan fingerprint density at radius 1 is 1.55 bits per heavy atom. The van der Waals surface area contributed by atoms with Crippen LogP contribution < -0.4 is 0 Å². The molecule has 0 atom stereocenters. The summed E-state index contributed by atoms with van der Waals surface area (Å²) in [7, 11) is 1.62. The predicted molar refractivity (Wildman–Crippen MR) is 85.3 cm³/mol. The van der Waals surface area contributed by atoms with Crippen molar-refractivity contribution in [3.05, 3.63) is 27.1 Å². The molecule has 0 aliphatic heterocycles. The van der Waals surface area contributed by atoms with Gasteiger partial charge < -0.3 is 14.6 Å². The summed E-state index contributed by atoms with van der Waals surface area (Å²) < 4.78 is 3.26. The van der Waals surface area contributed by atoms with Gasteiger partial charge in [0.15, 0.2) is 0 Å². The highest BCUT2D eigenvalue weighted by atomic mass is 127. The van der Waals surface area contributed by atoms with Gasteiger partial charge in [0.2, 0.25) is 0 Å². The second kappa shape index (κ2) is 5.07. The lowest BCUT2D eigenvalue weighted by molar-refractivity contribution is 0.0902. The molecule has 7 heteroatoms. The number of aromatic nitrogens is 2. The molecule has 2 aromatic rings. The Balaban J connectivity index is 1.86. The zero-order chi connectivity index (χ0) is 14.4. The number of rotatable bonds is 2. The summed E-state index contributed by atoms with van der Waals surface area (Å²) in [6.07, 6.45) is 2.82. The standard InChI is InChI=1S/C13H13ClIN3O2/c1-17(13(19)20)7-4-8(5-7)18-6-10(15)9-2-3-11(14)16-12(9)18/h2-3,6-8H,4-5H2,1H3,(H,19,20). The molecule has 3 rings (SSSR count). The first-order valence-electron chi connectivity index (χ1n) is 6.25. The molecule has 2 aromatic heterocycles. The van der Waals surface area contributed by atoms with Gasteiger partial charge in [0.1, 0.15) is 10.8 Å². The van der Waals surface area contributed by atoms with Crippen LogP contribution in [0.4, 0.5) is 4.79 Å². The maximum Gasteiger partial charge on any atom is 0.407 e. The summed E-state index contributed by atoms with van der Waals surface area (Å²) in [6, 6.07) is 4.14. The Morgan fingerprint density at radius 3 is 2.90 bits per heavy atom. The van der Waals surface area contributed by atoms with E-state index in [9.17, 15) is 4.79 Å². The summed E-state index contributed by atoms with van der Waals surface area (Å²) in [6.45, 7) is 0. The smallest absolute Gasteiger partial charge is 0.407 e. The van der Waals surface area contributed by atoms with Crippen molar-refractivity contribution in [2.24, 2.45) is 0 Å². The van der Waals surface area contributed by atoms with E-state index < -0.39 is 6.09 Å². The first-order chi connectivity index (χ1) is 9.47. The van der Waals surface area contributed by atoms with Crippen molar-refractivity contribution in [1.82, 2.24) is 14.5 Å². The lowest BCUT2D eigenvalue weighted by Gasteiger charge is -2.40. The van der Waals surface area contributed by atoms with Crippen LogP contribution in [0.2, 0.25) is 5.15 Å². The van der Waals surface area contributed by atoms with Gasteiger partial charge in [-0.15, -0.1) is 0 Å². The van der Waals surface area contributed by atoms with Crippen LogP contribution in [0.25, 0.3) is 11.0 Å². The molecule has 20 heavy (non-hydrogen) atoms. The topological polar surface area (TPSA) is 58.4 Å². The molecule has 0 spiro atoms. The number of pyridine rings is 1. The minimum absolute atomic E-state index is 0.0896. The van der Waals surface area contributed by atoms with E-state index in [0.29, 0.717) is 11.2 Å². The average Bonchev–Trinajstić information content (AvgIpc) is 2.64. The third-order valence-corrected chi connectivity index (χ3v) is 5.00. The van der Waals surface area contributed by atoms with Crippen LogP contribution in [0.1, 0.15) is 18.9 Å². The summed E-state index contributed by atoms with van der Waals surface area (Å²) in [5.41, 5.74) is 0.878. The normalized spacial score (nSPS) is 21.8. The third-order valence-electron chi connectivity index (χ3n) is 3.93. The second-order valence-electron chi connectivity index (χ2n) is 5.06. The van der Waals surface area contributed by atoms with Crippen LogP contribution in [-0.2, 0) is 0 Å². The summed E-state index contributed by atoms with van der Waals surface area (Å²) >= 11 is 8.26. The minimum Gasteiger partial charge on any atom is -0.465 e. The molecule has 1 amide bonds. The van der Waals surface area contributed by atoms with Crippen LogP contribution in [0.15, 0.2) is 18.3 Å². The van der Waals surface area contributed by atoms with Crippen LogP contribution >= 0.6 is 34.2 Å². The molecule has 1 aliphatic carbocycles. The van der Waals surface area contributed by atoms with E-state index in [4.69, 9.17) is 16.7 Å². The van der Waals surface area contributed by atoms with E-state index >= 15 is 0 Å². The van der Waals surface area contributed by atoms with Crippen LogP contribution in [0, 0.1) is 3.57 Å². The highest BCUT2D eigenvalue weighted by Crippen LogP contribution is 2.38. The SMILES string of the molecule is CN(C(=O)O)C1CC(n2cc(I)c3ccc(Cl)nc32)C1. The number of nitrogens with zero attached hydrogens (tertiary/aromatic N) is 3. The highest BCUT2D eigenvalue weighted by molar-refractivity contribution is 14.1. The quantitative estimate of drug-likeness (QED) is 0.613. The number of carboxylic acid groups (broad SMARTS) is 1. The van der Waals surface area contributed by atoms with E-state index in [1.54, 1.807) is 13.1 Å². The Labute approximate surface area is 134 Å². The van der Waals surface area contributed by atoms with Gasteiger partial charge in [-0.1, -0.05) is 11.6 Å². The molecule has 0 bridgehead atoms. The molecule has 2 heterocycles. The number of carbonyl (C=O) groups is 1. The van der Waals surface area contributed by atoms with Crippen molar-refractivity contribution >= 4 is 51.3 Å². The molecule has 106 valence electrons. The Hall–Kier alpha value is -1.02. The Bertz CT molecular complexity index is 682. The van der Waals surface area contributed by atoms with E-state index in [0.717, 1.165) is 27.4 Å². The lowest BCUT2D eigenvalue weighted by atomic mass is 9.85. The van der Waals surface area contributed by atoms with Crippen molar-refractivity contribution in [3.63, 3.8) is 0 Å². The van der Waals surface area contributed by atoms with Gasteiger partial charge in [-0.05, 0) is 47.6 Å². The maximum absolute atomic E-state index is 10.9. The number of hydrogen-bond donors (Lipinski definition) is 1. The van der Waals surface area contributed by atoms with E-state index in [-0.39, 0.29) is 6.04 Å². The monoisotopic (exact) mass is 405 g/mol. The van der Waals surface area contributed by atoms with Gasteiger partial charge in [-0.2, -0.15) is 0 Å². The van der Waals surface area contributed by atoms with Gasteiger partial charge in [0.05, 0.1) is 0 Å². The number of fused-ring (bicyclic) bond motifs is 1. The van der Waals surface area contributed by atoms with Crippen LogP contribution in [-0.4, -0.2) is 38.7 Å². The molecule has 0 radical (unpaired) electrons. The summed E-state index contributed by atoms with van der Waals surface area (Å²) in [4.78, 5) is 16.7. The van der Waals surface area contributed by atoms with Crippen molar-refractivity contribution in [1.29, 1.82) is 0 Å². The van der Waals surface area contributed by atoms with Crippen molar-refractivity contribution < 1.29 is 9.90 Å². The molecule has 1 fully saturated rings. The van der Waals surface area contributed by atoms with E-state index in [2.05, 4.69) is 38.3 Å². The molecule has 0 unspecified atom stereocenters. The van der Waals surface area contributed by atoms with Gasteiger partial charge in [0.25, 0.3) is 0 Å². The van der Waals surface area contributed by atoms with E-state index in [1.165, 1.54) is 4.90 Å². The molecule has 1 aliphatic rings. The van der Waals surface area contributed by atoms with Gasteiger partial charge in [-0.3, -0.25) is 0 Å². The summed E-state index contributed by atoms with van der Waals surface area (Å²) in [5, 5.41) is 10.5. The van der Waals surface area contributed by atoms with Crippen molar-refractivity contribution in [3.8, 4) is 0 Å². The predicted octanol–water partition coefficient (Wildman–Crippen LogP) is 3.61. The Kier molecular flexibility index (Phi) is 3.53. The fourth-order valence-electron chi connectivity index (χ4n) is 2.60. The van der Waals surface area contributed by atoms with Gasteiger partial charge in [0, 0.05) is 34.3 Å². The van der Waals surface area contributed by atoms with Crippen molar-refractivity contribution in [2.45, 2.75) is 24.9 Å². The maximum atomic E-state index is 10.9. The first-order valence-corrected chi connectivity index (χ1v) is 7.71. The first kappa shape index (κ1) is 13.9. The molecule has 0 saturated heterocycles. The third kappa shape index (κ3) is 2.24. The molecular formula is C13H13ClIN3O2. The highest BCUT2D eigenvalue weighted by Gasteiger charge is 2.36. The van der Waals surface area contributed by atoms with Gasteiger partial charge in [-0.25, -0.2) is 9.78 Å². The number of amides is 1. The lowest BCUT2D eigenvalue weighted by Crippen LogP contribution is -2.45. The molecular weight excluding hydrogens is 393 g/mol. The summed E-state index contributed by atoms with van der Waals surface area (Å²) in [5.74, 6) is 0. The molecule has 1 saturated carbocycles. The van der Waals surface area contributed by atoms with Crippen LogP contribution in [0.3, 0.4) is 0 Å².